The molecule has 0 unspecified atom stereocenters. The van der Waals surface area contributed by atoms with Crippen molar-refractivity contribution in [2.75, 3.05) is 11.9 Å². The minimum atomic E-state index is -0.869. The Morgan fingerprint density at radius 1 is 1.22 bits per heavy atom. The van der Waals surface area contributed by atoms with Gasteiger partial charge in [0.05, 0.1) is 6.61 Å². The number of nitrogens with one attached hydrogen (secondary N) is 1. The number of hydrogen-bond donors (Lipinski definition) is 1. The number of rotatable bonds is 3. The van der Waals surface area contributed by atoms with Crippen molar-refractivity contribution in [2.45, 2.75) is 13.8 Å². The Morgan fingerprint density at radius 3 is 2.50 bits per heavy atom. The standard InChI is InChI=1S/C12H15N3O3/c1-9(2)8-18-12(17)15-14-11(16)13-10-6-4-3-5-7-10/h3-7,9H,8H2,1-2H3,(H,13,16). The van der Waals surface area contributed by atoms with E-state index in [1.165, 1.54) is 0 Å². The summed E-state index contributed by atoms with van der Waals surface area (Å²) in [4.78, 5) is 22.3. The number of anilines is 1. The molecule has 0 fully saturated rings. The molecule has 0 aliphatic carbocycles. The molecule has 0 atom stereocenters. The highest BCUT2D eigenvalue weighted by Gasteiger charge is 2.04. The van der Waals surface area contributed by atoms with E-state index in [1.807, 2.05) is 19.9 Å². The third kappa shape index (κ3) is 5.74. The minimum absolute atomic E-state index is 0.210. The summed E-state index contributed by atoms with van der Waals surface area (Å²) in [6.45, 7) is 4.04. The molecule has 0 aliphatic rings. The summed E-state index contributed by atoms with van der Waals surface area (Å²) in [7, 11) is 0. The van der Waals surface area contributed by atoms with Crippen LogP contribution in [0.4, 0.5) is 15.3 Å². The van der Waals surface area contributed by atoms with Gasteiger partial charge in [0.15, 0.2) is 0 Å². The molecule has 0 heterocycles. The minimum Gasteiger partial charge on any atom is -0.447 e. The van der Waals surface area contributed by atoms with Crippen molar-refractivity contribution in [3.05, 3.63) is 30.3 Å². The Bertz CT molecular complexity index is 429. The van der Waals surface area contributed by atoms with Crippen LogP contribution in [0.25, 0.3) is 0 Å². The second-order valence-corrected chi connectivity index (χ2v) is 3.97. The SMILES string of the molecule is CC(C)COC(=O)N=NC(=O)Nc1ccccc1. The second kappa shape index (κ2) is 7.16. The normalized spacial score (nSPS) is 10.6. The lowest BCUT2D eigenvalue weighted by Gasteiger charge is -2.02. The third-order valence-electron chi connectivity index (χ3n) is 1.79. The maximum atomic E-state index is 11.3. The largest absolute Gasteiger partial charge is 0.452 e. The van der Waals surface area contributed by atoms with Crippen molar-refractivity contribution in [1.29, 1.82) is 0 Å². The van der Waals surface area contributed by atoms with E-state index >= 15 is 0 Å². The average molecular weight is 249 g/mol. The van der Waals surface area contributed by atoms with Crippen LogP contribution in [0.2, 0.25) is 0 Å². The molecule has 96 valence electrons. The summed E-state index contributed by atoms with van der Waals surface area (Å²) in [5, 5.41) is 8.80. The molecule has 0 saturated heterocycles. The lowest BCUT2D eigenvalue weighted by atomic mass is 10.2. The van der Waals surface area contributed by atoms with Gasteiger partial charge in [-0.15, -0.1) is 0 Å². The van der Waals surface area contributed by atoms with Crippen molar-refractivity contribution < 1.29 is 14.3 Å². The first-order valence-corrected chi connectivity index (χ1v) is 5.52. The molecule has 1 aromatic carbocycles. The lowest BCUT2D eigenvalue weighted by molar-refractivity contribution is 0.141. The maximum Gasteiger partial charge on any atom is 0.452 e. The number of para-hydroxylation sites is 1. The first-order chi connectivity index (χ1) is 8.58. The number of hydrogen-bond acceptors (Lipinski definition) is 3. The van der Waals surface area contributed by atoms with Crippen LogP contribution in [0.15, 0.2) is 40.6 Å². The van der Waals surface area contributed by atoms with Gasteiger partial charge in [-0.3, -0.25) is 0 Å². The monoisotopic (exact) mass is 249 g/mol. The zero-order chi connectivity index (χ0) is 13.4. The predicted molar refractivity (Wildman–Crippen MR) is 66.5 cm³/mol. The van der Waals surface area contributed by atoms with Gasteiger partial charge in [0, 0.05) is 5.69 Å². The van der Waals surface area contributed by atoms with Gasteiger partial charge in [-0.1, -0.05) is 42.3 Å². The summed E-state index contributed by atoms with van der Waals surface area (Å²) in [5.41, 5.74) is 0.581. The van der Waals surface area contributed by atoms with Crippen LogP contribution in [0.3, 0.4) is 0 Å². The second-order valence-electron chi connectivity index (χ2n) is 3.97. The van der Waals surface area contributed by atoms with E-state index in [2.05, 4.69) is 15.5 Å². The Balaban J connectivity index is 2.38. The summed E-state index contributed by atoms with van der Waals surface area (Å²) in [6.07, 6.45) is -0.869. The Morgan fingerprint density at radius 2 is 1.89 bits per heavy atom. The van der Waals surface area contributed by atoms with Crippen LogP contribution in [0, 0.1) is 5.92 Å². The Labute approximate surface area is 105 Å². The molecule has 0 aromatic heterocycles. The number of amides is 3. The van der Waals surface area contributed by atoms with Crippen LogP contribution < -0.4 is 5.32 Å². The molecule has 0 saturated carbocycles. The highest BCUT2D eigenvalue weighted by Crippen LogP contribution is 2.05. The third-order valence-corrected chi connectivity index (χ3v) is 1.79. The Kier molecular flexibility index (Phi) is 5.50. The maximum absolute atomic E-state index is 11.3. The number of azo groups is 1. The molecule has 1 rings (SSSR count). The van der Waals surface area contributed by atoms with Gasteiger partial charge in [0.25, 0.3) is 0 Å². The first kappa shape index (κ1) is 13.8. The molecule has 18 heavy (non-hydrogen) atoms. The van der Waals surface area contributed by atoms with Gasteiger partial charge < -0.3 is 10.1 Å². The lowest BCUT2D eigenvalue weighted by Crippen LogP contribution is -2.08. The predicted octanol–water partition coefficient (Wildman–Crippen LogP) is 3.46. The van der Waals surface area contributed by atoms with Crippen LogP contribution in [-0.4, -0.2) is 18.7 Å². The average Bonchev–Trinajstić information content (AvgIpc) is 2.35. The van der Waals surface area contributed by atoms with E-state index in [9.17, 15) is 9.59 Å². The number of carbonyl (C=O) groups is 2. The van der Waals surface area contributed by atoms with Crippen LogP contribution in [-0.2, 0) is 4.74 Å². The van der Waals surface area contributed by atoms with E-state index in [0.29, 0.717) is 5.69 Å². The summed E-state index contributed by atoms with van der Waals surface area (Å²) in [5.74, 6) is 0.210. The molecular formula is C12H15N3O3. The van der Waals surface area contributed by atoms with Crippen molar-refractivity contribution in [3.8, 4) is 0 Å². The van der Waals surface area contributed by atoms with Crippen LogP contribution in [0.5, 0.6) is 0 Å². The zero-order valence-corrected chi connectivity index (χ0v) is 10.3. The van der Waals surface area contributed by atoms with E-state index in [4.69, 9.17) is 4.74 Å². The molecule has 0 spiro atoms. The van der Waals surface area contributed by atoms with Crippen molar-refractivity contribution >= 4 is 17.8 Å². The van der Waals surface area contributed by atoms with Crippen molar-refractivity contribution in [1.82, 2.24) is 0 Å². The molecule has 3 amide bonds. The topological polar surface area (TPSA) is 80.1 Å². The van der Waals surface area contributed by atoms with E-state index in [1.54, 1.807) is 24.3 Å². The van der Waals surface area contributed by atoms with E-state index in [0.717, 1.165) is 0 Å². The number of ether oxygens (including phenoxy) is 1. The van der Waals surface area contributed by atoms with Crippen molar-refractivity contribution in [2.24, 2.45) is 16.1 Å². The van der Waals surface area contributed by atoms with E-state index < -0.39 is 12.1 Å². The zero-order valence-electron chi connectivity index (χ0n) is 10.3. The number of carbonyl (C=O) groups excluding carboxylic acids is 2. The molecule has 0 bridgehead atoms. The first-order valence-electron chi connectivity index (χ1n) is 5.52. The molecule has 6 heteroatoms. The highest BCUT2D eigenvalue weighted by atomic mass is 16.5. The van der Waals surface area contributed by atoms with Gasteiger partial charge in [-0.05, 0) is 18.1 Å². The molecule has 1 aromatic rings. The van der Waals surface area contributed by atoms with E-state index in [-0.39, 0.29) is 12.5 Å². The van der Waals surface area contributed by atoms with Gasteiger partial charge in [-0.25, -0.2) is 9.59 Å². The van der Waals surface area contributed by atoms with Gasteiger partial charge in [-0.2, -0.15) is 0 Å². The van der Waals surface area contributed by atoms with Gasteiger partial charge in [0.2, 0.25) is 0 Å². The fraction of sp³-hybridized carbons (Fsp3) is 0.333. The quantitative estimate of drug-likeness (QED) is 0.833. The molecule has 6 nitrogen and oxygen atoms in total. The Hall–Kier alpha value is -2.24. The number of urea groups is 1. The fourth-order valence-corrected chi connectivity index (χ4v) is 1.02. The van der Waals surface area contributed by atoms with Crippen LogP contribution in [0.1, 0.15) is 13.8 Å². The molecule has 1 N–H and O–H groups in total. The number of nitrogens with zero attached hydrogens (tertiary/aromatic N) is 2. The smallest absolute Gasteiger partial charge is 0.447 e. The summed E-state index contributed by atoms with van der Waals surface area (Å²) in [6, 6.07) is 8.03. The fourth-order valence-electron chi connectivity index (χ4n) is 1.02. The van der Waals surface area contributed by atoms with Gasteiger partial charge in [0.1, 0.15) is 0 Å². The number of benzene rings is 1. The van der Waals surface area contributed by atoms with Crippen molar-refractivity contribution in [3.63, 3.8) is 0 Å². The summed E-state index contributed by atoms with van der Waals surface area (Å²) >= 11 is 0. The van der Waals surface area contributed by atoms with Gasteiger partial charge >= 0.3 is 12.1 Å². The molecule has 0 radical (unpaired) electrons. The highest BCUT2D eigenvalue weighted by molar-refractivity contribution is 5.90. The molecule has 0 aliphatic heterocycles. The van der Waals surface area contributed by atoms with Crippen LogP contribution >= 0.6 is 0 Å². The summed E-state index contributed by atoms with van der Waals surface area (Å²) < 4.78 is 4.72. The molecular weight excluding hydrogens is 234 g/mol.